The molecule has 1 heterocycles. The monoisotopic (exact) mass is 398 g/mol. The molecule has 1 aliphatic heterocycles. The highest BCUT2D eigenvalue weighted by molar-refractivity contribution is 5.87. The number of carbonyl (C=O) groups is 2. The molecule has 0 saturated carbocycles. The van der Waals surface area contributed by atoms with Crippen LogP contribution in [0, 0.1) is 0 Å². The van der Waals surface area contributed by atoms with Gasteiger partial charge in [-0.05, 0) is 16.7 Å². The smallest absolute Gasteiger partial charge is 0.234 e. The lowest BCUT2D eigenvalue weighted by Crippen LogP contribution is -2.52. The maximum Gasteiger partial charge on any atom is 0.234 e. The number of hydrogen-bond donors (Lipinski definition) is 0. The lowest BCUT2D eigenvalue weighted by molar-refractivity contribution is -0.142. The van der Waals surface area contributed by atoms with Crippen LogP contribution in [0.25, 0.3) is 0 Å². The molecule has 0 radical (unpaired) electrons. The minimum absolute atomic E-state index is 0.0404. The van der Waals surface area contributed by atoms with Crippen molar-refractivity contribution in [1.82, 2.24) is 9.80 Å². The number of hydrogen-bond acceptors (Lipinski definition) is 2. The Morgan fingerprint density at radius 1 is 0.767 bits per heavy atom. The van der Waals surface area contributed by atoms with E-state index in [4.69, 9.17) is 0 Å². The van der Waals surface area contributed by atoms with Gasteiger partial charge >= 0.3 is 0 Å². The highest BCUT2D eigenvalue weighted by Crippen LogP contribution is 2.31. The van der Waals surface area contributed by atoms with Gasteiger partial charge in [-0.3, -0.25) is 9.59 Å². The Kier molecular flexibility index (Phi) is 5.94. The van der Waals surface area contributed by atoms with Crippen molar-refractivity contribution in [1.29, 1.82) is 0 Å². The molecule has 3 aromatic carbocycles. The highest BCUT2D eigenvalue weighted by Gasteiger charge is 2.35. The van der Waals surface area contributed by atoms with Crippen LogP contribution < -0.4 is 0 Å². The van der Waals surface area contributed by atoms with E-state index in [0.29, 0.717) is 19.6 Å². The number of piperazine rings is 1. The first-order valence-corrected chi connectivity index (χ1v) is 10.4. The Morgan fingerprint density at radius 2 is 1.27 bits per heavy atom. The van der Waals surface area contributed by atoms with Gasteiger partial charge in [0.2, 0.25) is 11.8 Å². The van der Waals surface area contributed by atoms with Crippen LogP contribution in [0.2, 0.25) is 0 Å². The zero-order chi connectivity index (χ0) is 20.9. The molecule has 4 rings (SSSR count). The zero-order valence-electron chi connectivity index (χ0n) is 17.1. The van der Waals surface area contributed by atoms with Crippen LogP contribution in [0.1, 0.15) is 35.6 Å². The van der Waals surface area contributed by atoms with Crippen molar-refractivity contribution < 1.29 is 9.59 Å². The summed E-state index contributed by atoms with van der Waals surface area (Å²) in [5, 5.41) is 0. The maximum atomic E-state index is 13.8. The summed E-state index contributed by atoms with van der Waals surface area (Å²) in [5.74, 6) is -0.233. The van der Waals surface area contributed by atoms with Crippen molar-refractivity contribution in [3.05, 3.63) is 108 Å². The normalized spacial score (nSPS) is 16.5. The van der Waals surface area contributed by atoms with E-state index < -0.39 is 0 Å². The molecular formula is C26H26N2O2. The van der Waals surface area contributed by atoms with E-state index in [1.54, 1.807) is 6.92 Å². The van der Waals surface area contributed by atoms with Crippen molar-refractivity contribution in [2.45, 2.75) is 18.9 Å². The van der Waals surface area contributed by atoms with Gasteiger partial charge in [0, 0.05) is 26.6 Å². The Balaban J connectivity index is 1.66. The first-order chi connectivity index (χ1) is 14.6. The first-order valence-electron chi connectivity index (χ1n) is 10.4. The lowest BCUT2D eigenvalue weighted by Gasteiger charge is -2.42. The van der Waals surface area contributed by atoms with Crippen molar-refractivity contribution in [3.63, 3.8) is 0 Å². The average molecular weight is 399 g/mol. The van der Waals surface area contributed by atoms with E-state index in [2.05, 4.69) is 0 Å². The van der Waals surface area contributed by atoms with E-state index in [9.17, 15) is 9.59 Å². The third-order valence-corrected chi connectivity index (χ3v) is 5.79. The molecule has 1 fully saturated rings. The molecule has 0 bridgehead atoms. The van der Waals surface area contributed by atoms with Crippen LogP contribution in [0.3, 0.4) is 0 Å². The molecule has 0 aliphatic carbocycles. The minimum atomic E-state index is -0.354. The number of nitrogens with zero attached hydrogens (tertiary/aromatic N) is 2. The maximum absolute atomic E-state index is 13.8. The lowest BCUT2D eigenvalue weighted by atomic mass is 9.89. The summed E-state index contributed by atoms with van der Waals surface area (Å²) in [6, 6.07) is 29.7. The zero-order valence-corrected chi connectivity index (χ0v) is 17.1. The van der Waals surface area contributed by atoms with Gasteiger partial charge in [-0.1, -0.05) is 91.0 Å². The molecule has 3 aromatic rings. The Hall–Kier alpha value is -3.40. The van der Waals surface area contributed by atoms with Crippen LogP contribution in [-0.2, 0) is 9.59 Å². The standard InChI is InChI=1S/C26H26N2O2/c1-20(29)28-18-17-27(19-24(28)21-11-5-2-6-12-21)26(30)25(22-13-7-3-8-14-22)23-15-9-4-10-16-23/h2-16,24-25H,17-19H2,1H3/t24-/m1/s1. The second-order valence-electron chi connectivity index (χ2n) is 7.68. The molecule has 2 amide bonds. The topological polar surface area (TPSA) is 40.6 Å². The van der Waals surface area contributed by atoms with Crippen LogP contribution in [-0.4, -0.2) is 41.2 Å². The predicted octanol–water partition coefficient (Wildman–Crippen LogP) is 4.25. The second kappa shape index (κ2) is 8.95. The van der Waals surface area contributed by atoms with Gasteiger partial charge < -0.3 is 9.80 Å². The summed E-state index contributed by atoms with van der Waals surface area (Å²) in [6.45, 7) is 3.18. The molecule has 0 unspecified atom stereocenters. The largest absolute Gasteiger partial charge is 0.338 e. The Bertz CT molecular complexity index is 950. The molecule has 0 spiro atoms. The van der Waals surface area contributed by atoms with Crippen molar-refractivity contribution in [2.75, 3.05) is 19.6 Å². The third kappa shape index (κ3) is 4.13. The van der Waals surface area contributed by atoms with Crippen LogP contribution in [0.15, 0.2) is 91.0 Å². The molecule has 0 N–H and O–H groups in total. The van der Waals surface area contributed by atoms with Gasteiger partial charge in [0.1, 0.15) is 0 Å². The summed E-state index contributed by atoms with van der Waals surface area (Å²) in [4.78, 5) is 29.8. The van der Waals surface area contributed by atoms with Crippen LogP contribution in [0.4, 0.5) is 0 Å². The summed E-state index contributed by atoms with van der Waals surface area (Å²) < 4.78 is 0. The fraction of sp³-hybridized carbons (Fsp3) is 0.231. The molecule has 0 aromatic heterocycles. The fourth-order valence-corrected chi connectivity index (χ4v) is 4.27. The minimum Gasteiger partial charge on any atom is -0.338 e. The highest BCUT2D eigenvalue weighted by atomic mass is 16.2. The average Bonchev–Trinajstić information content (AvgIpc) is 2.81. The quantitative estimate of drug-likeness (QED) is 0.659. The molecular weight excluding hydrogens is 372 g/mol. The third-order valence-electron chi connectivity index (χ3n) is 5.79. The first kappa shape index (κ1) is 19.9. The van der Waals surface area contributed by atoms with E-state index >= 15 is 0 Å². The Morgan fingerprint density at radius 3 is 1.77 bits per heavy atom. The van der Waals surface area contributed by atoms with E-state index in [-0.39, 0.29) is 23.8 Å². The van der Waals surface area contributed by atoms with Gasteiger partial charge in [-0.15, -0.1) is 0 Å². The molecule has 152 valence electrons. The number of rotatable bonds is 4. The number of carbonyl (C=O) groups excluding carboxylic acids is 2. The Labute approximate surface area is 177 Å². The van der Waals surface area contributed by atoms with Gasteiger partial charge in [0.05, 0.1) is 12.0 Å². The second-order valence-corrected chi connectivity index (χ2v) is 7.68. The molecule has 4 nitrogen and oxygen atoms in total. The van der Waals surface area contributed by atoms with E-state index in [0.717, 1.165) is 16.7 Å². The van der Waals surface area contributed by atoms with E-state index in [1.807, 2.05) is 101 Å². The van der Waals surface area contributed by atoms with Gasteiger partial charge in [-0.2, -0.15) is 0 Å². The summed E-state index contributed by atoms with van der Waals surface area (Å²) in [7, 11) is 0. The van der Waals surface area contributed by atoms with Gasteiger partial charge in [0.25, 0.3) is 0 Å². The summed E-state index contributed by atoms with van der Waals surface area (Å²) in [5.41, 5.74) is 3.03. The fourth-order valence-electron chi connectivity index (χ4n) is 4.27. The molecule has 30 heavy (non-hydrogen) atoms. The number of amides is 2. The molecule has 1 atom stereocenters. The van der Waals surface area contributed by atoms with Crippen LogP contribution >= 0.6 is 0 Å². The van der Waals surface area contributed by atoms with E-state index in [1.165, 1.54) is 0 Å². The number of benzene rings is 3. The van der Waals surface area contributed by atoms with Crippen molar-refractivity contribution in [2.24, 2.45) is 0 Å². The van der Waals surface area contributed by atoms with Gasteiger partial charge in [-0.25, -0.2) is 0 Å². The van der Waals surface area contributed by atoms with Gasteiger partial charge in [0.15, 0.2) is 0 Å². The summed E-state index contributed by atoms with van der Waals surface area (Å²) >= 11 is 0. The van der Waals surface area contributed by atoms with Crippen molar-refractivity contribution in [3.8, 4) is 0 Å². The molecule has 1 aliphatic rings. The summed E-state index contributed by atoms with van der Waals surface area (Å²) in [6.07, 6.45) is 0. The van der Waals surface area contributed by atoms with Crippen molar-refractivity contribution >= 4 is 11.8 Å². The molecule has 1 saturated heterocycles. The van der Waals surface area contributed by atoms with Crippen LogP contribution in [0.5, 0.6) is 0 Å². The SMILES string of the molecule is CC(=O)N1CCN(C(=O)C(c2ccccc2)c2ccccc2)C[C@@H]1c1ccccc1. The predicted molar refractivity (Wildman–Crippen MR) is 118 cm³/mol. The molecule has 4 heteroatoms.